The average Bonchev–Trinajstić information content (AvgIpc) is 3.30. The van der Waals surface area contributed by atoms with Gasteiger partial charge in [-0.05, 0) is 23.8 Å². The molecule has 6 unspecified atom stereocenters. The molecule has 3 aliphatic heterocycles. The molecule has 1 aromatic heterocycles. The summed E-state index contributed by atoms with van der Waals surface area (Å²) in [4.78, 5) is 12.5. The molecule has 0 saturated carbocycles. The van der Waals surface area contributed by atoms with Crippen molar-refractivity contribution in [2.24, 2.45) is 0 Å². The number of carbonyl (C=O) groups excluding carboxylic acids is 1. The Morgan fingerprint density at radius 1 is 0.576 bits per heavy atom. The van der Waals surface area contributed by atoms with E-state index in [1.54, 1.807) is 0 Å². The minimum atomic E-state index is -2.01. The Balaban J connectivity index is 1.23. The van der Waals surface area contributed by atoms with Gasteiger partial charge in [0.2, 0.25) is 30.4 Å². The van der Waals surface area contributed by atoms with Crippen molar-refractivity contribution in [1.82, 2.24) is 0 Å². The number of rotatable bonds is 13. The molecule has 3 aromatic carbocycles. The lowest BCUT2D eigenvalue weighted by molar-refractivity contribution is -0.278. The van der Waals surface area contributed by atoms with Crippen molar-refractivity contribution in [2.45, 2.75) is 92.1 Å². The van der Waals surface area contributed by atoms with Gasteiger partial charge in [0.25, 0.3) is 0 Å². The van der Waals surface area contributed by atoms with Crippen LogP contribution in [0.2, 0.25) is 0 Å². The zero-order chi connectivity index (χ0) is 47.7. The van der Waals surface area contributed by atoms with E-state index in [1.807, 2.05) is 0 Å². The first-order valence-electron chi connectivity index (χ1n) is 20.0. The number of hydrogen-bond donors (Lipinski definition) is 15. The van der Waals surface area contributed by atoms with Gasteiger partial charge in [0.05, 0.1) is 24.8 Å². The Morgan fingerprint density at radius 3 is 1.65 bits per heavy atom. The third-order valence-corrected chi connectivity index (χ3v) is 10.9. The predicted molar refractivity (Wildman–Crippen MR) is 215 cm³/mol. The Kier molecular flexibility index (Phi) is 14.7. The average molecular weight is 936 g/mol. The van der Waals surface area contributed by atoms with E-state index in [1.165, 1.54) is 30.3 Å². The van der Waals surface area contributed by atoms with Gasteiger partial charge in [0, 0.05) is 30.3 Å². The normalized spacial score (nSPS) is 32.6. The molecule has 66 heavy (non-hydrogen) atoms. The number of carbonyl (C=O) groups is 1. The number of phenolic OH excluding ortho intramolecular Hbond substituents is 4. The number of aliphatic hydroxyl groups is 11. The summed E-state index contributed by atoms with van der Waals surface area (Å²) in [7, 11) is 0. The molecule has 358 valence electrons. The van der Waals surface area contributed by atoms with Crippen LogP contribution in [-0.2, 0) is 23.7 Å². The Bertz CT molecular complexity index is 2360. The molecule has 4 heterocycles. The van der Waals surface area contributed by atoms with Crippen LogP contribution in [0.25, 0.3) is 28.4 Å². The number of aliphatic hydroxyl groups excluding tert-OH is 11. The lowest BCUT2D eigenvalue weighted by Gasteiger charge is -2.40. The smallest absolute Gasteiger partial charge is 0.402 e. The Hall–Kier alpha value is -5.68. The van der Waals surface area contributed by atoms with Gasteiger partial charge in [-0.3, -0.25) is 0 Å². The van der Waals surface area contributed by atoms with Crippen LogP contribution in [0.4, 0.5) is 0 Å². The fourth-order valence-corrected chi connectivity index (χ4v) is 7.19. The van der Waals surface area contributed by atoms with E-state index < -0.39 is 152 Å². The molecule has 3 fully saturated rings. The van der Waals surface area contributed by atoms with Gasteiger partial charge in [0.15, 0.2) is 11.5 Å². The Morgan fingerprint density at radius 2 is 1.09 bits per heavy atom. The number of ether oxygens (including phenoxy) is 7. The zero-order valence-electron chi connectivity index (χ0n) is 34.0. The van der Waals surface area contributed by atoms with Crippen LogP contribution in [-0.4, -0.2) is 195 Å². The van der Waals surface area contributed by atoms with E-state index in [4.69, 9.17) is 37.6 Å². The van der Waals surface area contributed by atoms with Crippen LogP contribution in [0, 0.1) is 0 Å². The molecule has 24 heteroatoms. The van der Waals surface area contributed by atoms with Crippen molar-refractivity contribution < 1.29 is 119 Å². The highest BCUT2D eigenvalue weighted by atomic mass is 16.7. The molecule has 3 saturated heterocycles. The fourth-order valence-electron chi connectivity index (χ4n) is 7.19. The molecule has 3 aliphatic rings. The SMILES string of the molecule is O=C(/C=C/c1ccc(O)cc1)OCC1O[C@@H](Oc2cc(O)cc3[o+]c(-c4cc(O)c(O)c(O[C@@H]5OC(CO)[C@@H](O)[C@H](O)C5O)c4)c(O[C@@H]4OC(CO)[C@@H](O)[C@H](O)C4O)cc23)C(O)[C@@H](O)[C@@H]1O. The minimum absolute atomic E-state index is 0.00455. The number of benzene rings is 3. The van der Waals surface area contributed by atoms with Crippen LogP contribution in [0.3, 0.4) is 0 Å². The highest BCUT2D eigenvalue weighted by Crippen LogP contribution is 2.46. The summed E-state index contributed by atoms with van der Waals surface area (Å²) in [5.41, 5.74) is 0.00833. The van der Waals surface area contributed by atoms with Crippen molar-refractivity contribution in [1.29, 1.82) is 0 Å². The summed E-state index contributed by atoms with van der Waals surface area (Å²) in [5.74, 6) is -5.24. The second-order valence-corrected chi connectivity index (χ2v) is 15.5. The van der Waals surface area contributed by atoms with E-state index in [2.05, 4.69) is 0 Å². The van der Waals surface area contributed by atoms with Crippen LogP contribution in [0.5, 0.6) is 40.2 Å². The van der Waals surface area contributed by atoms with E-state index in [9.17, 15) is 81.4 Å². The van der Waals surface area contributed by atoms with Gasteiger partial charge >= 0.3 is 17.3 Å². The highest BCUT2D eigenvalue weighted by molar-refractivity contribution is 5.89. The number of fused-ring (bicyclic) bond motifs is 1. The quantitative estimate of drug-likeness (QED) is 0.0275. The maximum atomic E-state index is 12.5. The van der Waals surface area contributed by atoms with Gasteiger partial charge in [-0.2, -0.15) is 0 Å². The van der Waals surface area contributed by atoms with Gasteiger partial charge < -0.3 is 110 Å². The van der Waals surface area contributed by atoms with Gasteiger partial charge in [-0.25, -0.2) is 9.21 Å². The maximum absolute atomic E-state index is 12.5. The second kappa shape index (κ2) is 20.0. The third-order valence-electron chi connectivity index (χ3n) is 10.9. The maximum Gasteiger partial charge on any atom is 0.402 e. The predicted octanol–water partition coefficient (Wildman–Crippen LogP) is -3.00. The Labute approximate surface area is 371 Å². The minimum Gasteiger partial charge on any atom is -0.508 e. The first-order chi connectivity index (χ1) is 31.4. The molecule has 7 rings (SSSR count). The number of phenols is 4. The van der Waals surface area contributed by atoms with Crippen molar-refractivity contribution in [2.75, 3.05) is 19.8 Å². The monoisotopic (exact) mass is 935 g/mol. The lowest BCUT2D eigenvalue weighted by Crippen LogP contribution is -2.60. The van der Waals surface area contributed by atoms with Crippen molar-refractivity contribution in [3.05, 3.63) is 66.2 Å². The number of hydrogen-bond acceptors (Lipinski definition) is 23. The van der Waals surface area contributed by atoms with Crippen molar-refractivity contribution >= 4 is 23.0 Å². The summed E-state index contributed by atoms with van der Waals surface area (Å²) in [6.45, 7) is -2.36. The standard InChI is InChI=1S/C42H46O24/c43-12-25-30(50)33(53)36(56)41(64-25)62-23-8-16(7-20(47)29(23)49)39-24(63-42-37(57)34(54)31(51)26(13-44)65-42)11-19-21(60-39)9-18(46)10-22(19)61-40-38(58)35(55)32(52)27(66-40)14-59-28(48)6-3-15-1-4-17(45)5-2-15/h1-11,25-27,30-38,40-44,50-58H,12-14H2,(H3-,45,46,47,48,49)/p+1/t25?,26?,27?,30-,31-,32-,33+,34+,35+,36?,37?,38?,40-,41-,42-/m1/s1. The molecule has 0 aliphatic carbocycles. The van der Waals surface area contributed by atoms with Crippen molar-refractivity contribution in [3.8, 4) is 51.6 Å². The van der Waals surface area contributed by atoms with E-state index >= 15 is 0 Å². The lowest BCUT2D eigenvalue weighted by atomic mass is 9.99. The molecular formula is C42H47O24+. The topological polar surface area (TPSA) is 396 Å². The van der Waals surface area contributed by atoms with Crippen molar-refractivity contribution in [3.63, 3.8) is 0 Å². The largest absolute Gasteiger partial charge is 0.508 e. The van der Waals surface area contributed by atoms with Gasteiger partial charge in [0.1, 0.15) is 102 Å². The van der Waals surface area contributed by atoms with Gasteiger partial charge in [-0.1, -0.05) is 12.1 Å². The zero-order valence-corrected chi connectivity index (χ0v) is 34.0. The molecular weight excluding hydrogens is 888 g/mol. The second-order valence-electron chi connectivity index (χ2n) is 15.5. The molecule has 0 radical (unpaired) electrons. The van der Waals surface area contributed by atoms with Crippen LogP contribution >= 0.6 is 0 Å². The summed E-state index contributed by atoms with van der Waals surface area (Å²) in [6, 6.07) is 10.9. The van der Waals surface area contributed by atoms with E-state index in [0.29, 0.717) is 5.56 Å². The van der Waals surface area contributed by atoms with Crippen LogP contribution in [0.1, 0.15) is 5.56 Å². The number of aromatic hydroxyl groups is 4. The summed E-state index contributed by atoms with van der Waals surface area (Å²) in [5, 5.41) is 157. The van der Waals surface area contributed by atoms with Crippen LogP contribution < -0.4 is 14.2 Å². The molecule has 0 amide bonds. The van der Waals surface area contributed by atoms with E-state index in [-0.39, 0.29) is 28.0 Å². The highest BCUT2D eigenvalue weighted by Gasteiger charge is 2.48. The summed E-state index contributed by atoms with van der Waals surface area (Å²) >= 11 is 0. The first kappa shape index (κ1) is 48.3. The third kappa shape index (κ3) is 10.0. The van der Waals surface area contributed by atoms with E-state index in [0.717, 1.165) is 36.4 Å². The van der Waals surface area contributed by atoms with Gasteiger partial charge in [-0.15, -0.1) is 0 Å². The molecule has 15 atom stereocenters. The molecule has 24 nitrogen and oxygen atoms in total. The van der Waals surface area contributed by atoms with Crippen LogP contribution in [0.15, 0.2) is 65.1 Å². The summed E-state index contributed by atoms with van der Waals surface area (Å²) < 4.78 is 45.4. The summed E-state index contributed by atoms with van der Waals surface area (Å²) in [6.07, 6.45) is -24.8. The molecule has 0 spiro atoms. The first-order valence-corrected chi connectivity index (χ1v) is 20.0. The molecule has 15 N–H and O–H groups in total. The molecule has 0 bridgehead atoms. The number of esters is 1. The fraction of sp³-hybridized carbons (Fsp3) is 0.429. The molecule has 4 aromatic rings.